The molecule has 0 aliphatic carbocycles. The standard InChI is InChI=1S/C17H28F3N7/c1-13(17(18,19)20)25-8-10-26(11-9-25)16(21-2)22-12-15-24-23-14-6-4-3-5-7-27(14)15/h13H,3-12H2,1-2H3,(H,21,22). The number of rotatable bonds is 3. The van der Waals surface area contributed by atoms with E-state index in [-0.39, 0.29) is 0 Å². The molecule has 0 amide bonds. The maximum atomic E-state index is 12.9. The predicted molar refractivity (Wildman–Crippen MR) is 96.4 cm³/mol. The molecule has 2 aliphatic heterocycles. The van der Waals surface area contributed by atoms with Crippen LogP contribution in [0.2, 0.25) is 0 Å². The zero-order valence-electron chi connectivity index (χ0n) is 16.0. The van der Waals surface area contributed by atoms with Gasteiger partial charge in [-0.1, -0.05) is 6.42 Å². The quantitative estimate of drug-likeness (QED) is 0.631. The van der Waals surface area contributed by atoms with E-state index in [9.17, 15) is 13.2 Å². The van der Waals surface area contributed by atoms with Gasteiger partial charge in [-0.2, -0.15) is 13.2 Å². The molecule has 1 aromatic rings. The van der Waals surface area contributed by atoms with Gasteiger partial charge in [-0.25, -0.2) is 0 Å². The molecule has 0 saturated carbocycles. The Hall–Kier alpha value is -1.84. The van der Waals surface area contributed by atoms with Gasteiger partial charge < -0.3 is 14.8 Å². The Balaban J connectivity index is 1.54. The summed E-state index contributed by atoms with van der Waals surface area (Å²) in [5.41, 5.74) is 0. The lowest BCUT2D eigenvalue weighted by molar-refractivity contribution is -0.181. The van der Waals surface area contributed by atoms with Gasteiger partial charge in [0.15, 0.2) is 11.8 Å². The molecule has 3 heterocycles. The Morgan fingerprint density at radius 1 is 1.11 bits per heavy atom. The van der Waals surface area contributed by atoms with Crippen LogP contribution in [-0.4, -0.2) is 76.0 Å². The van der Waals surface area contributed by atoms with E-state index in [1.165, 1.54) is 18.2 Å². The second-order valence-electron chi connectivity index (χ2n) is 7.14. The van der Waals surface area contributed by atoms with Crippen molar-refractivity contribution in [3.05, 3.63) is 11.6 Å². The van der Waals surface area contributed by atoms with Gasteiger partial charge in [-0.05, 0) is 19.8 Å². The topological polar surface area (TPSA) is 61.6 Å². The first-order valence-electron chi connectivity index (χ1n) is 9.57. The number of alkyl halides is 3. The molecule has 1 atom stereocenters. The minimum atomic E-state index is -4.19. The predicted octanol–water partition coefficient (Wildman–Crippen LogP) is 1.65. The van der Waals surface area contributed by atoms with E-state index in [0.717, 1.165) is 37.5 Å². The molecule has 27 heavy (non-hydrogen) atoms. The summed E-state index contributed by atoms with van der Waals surface area (Å²) in [6, 6.07) is -1.42. The third kappa shape index (κ3) is 4.72. The Labute approximate surface area is 157 Å². The summed E-state index contributed by atoms with van der Waals surface area (Å²) in [4.78, 5) is 7.77. The largest absolute Gasteiger partial charge is 0.403 e. The molecule has 7 nitrogen and oxygen atoms in total. The van der Waals surface area contributed by atoms with E-state index in [4.69, 9.17) is 0 Å². The molecule has 3 rings (SSSR count). The fourth-order valence-electron chi connectivity index (χ4n) is 3.69. The van der Waals surface area contributed by atoms with Crippen LogP contribution in [0.3, 0.4) is 0 Å². The van der Waals surface area contributed by atoms with Crippen molar-refractivity contribution in [2.45, 2.75) is 57.9 Å². The molecule has 1 unspecified atom stereocenters. The number of aliphatic imine (C=N–C) groups is 1. The summed E-state index contributed by atoms with van der Waals surface area (Å²) < 4.78 is 40.9. The molecule has 1 saturated heterocycles. The number of guanidine groups is 1. The van der Waals surface area contributed by atoms with E-state index in [1.807, 2.05) is 4.90 Å². The first-order chi connectivity index (χ1) is 12.9. The van der Waals surface area contributed by atoms with Gasteiger partial charge in [0.2, 0.25) is 0 Å². The van der Waals surface area contributed by atoms with Gasteiger partial charge in [-0.15, -0.1) is 10.2 Å². The number of nitrogens with one attached hydrogen (secondary N) is 1. The van der Waals surface area contributed by atoms with Crippen molar-refractivity contribution in [1.82, 2.24) is 29.9 Å². The van der Waals surface area contributed by atoms with Crippen molar-refractivity contribution in [2.24, 2.45) is 4.99 Å². The molecular weight excluding hydrogens is 359 g/mol. The lowest BCUT2D eigenvalue weighted by Gasteiger charge is -2.39. The van der Waals surface area contributed by atoms with Crippen molar-refractivity contribution >= 4 is 5.96 Å². The van der Waals surface area contributed by atoms with E-state index < -0.39 is 12.2 Å². The van der Waals surface area contributed by atoms with Gasteiger partial charge in [0.25, 0.3) is 0 Å². The average Bonchev–Trinajstić information content (AvgIpc) is 2.87. The molecule has 1 N–H and O–H groups in total. The summed E-state index contributed by atoms with van der Waals surface area (Å²) in [5.74, 6) is 2.62. The highest BCUT2D eigenvalue weighted by atomic mass is 19.4. The first-order valence-corrected chi connectivity index (χ1v) is 9.57. The van der Waals surface area contributed by atoms with Crippen molar-refractivity contribution < 1.29 is 13.2 Å². The number of aromatic nitrogens is 3. The number of fused-ring (bicyclic) bond motifs is 1. The van der Waals surface area contributed by atoms with Crippen molar-refractivity contribution in [3.8, 4) is 0 Å². The van der Waals surface area contributed by atoms with Crippen LogP contribution in [0, 0.1) is 0 Å². The van der Waals surface area contributed by atoms with E-state index in [1.54, 1.807) is 7.05 Å². The van der Waals surface area contributed by atoms with Crippen LogP contribution in [0.4, 0.5) is 13.2 Å². The average molecular weight is 387 g/mol. The third-order valence-corrected chi connectivity index (χ3v) is 5.44. The molecular formula is C17H28F3N7. The minimum absolute atomic E-state index is 0.363. The Morgan fingerprint density at radius 3 is 2.52 bits per heavy atom. The zero-order chi connectivity index (χ0) is 19.4. The lowest BCUT2D eigenvalue weighted by Crippen LogP contribution is -2.56. The first kappa shape index (κ1) is 19.9. The van der Waals surface area contributed by atoms with Gasteiger partial charge >= 0.3 is 6.18 Å². The molecule has 152 valence electrons. The van der Waals surface area contributed by atoms with Gasteiger partial charge in [0.05, 0.1) is 6.54 Å². The highest BCUT2D eigenvalue weighted by Gasteiger charge is 2.41. The summed E-state index contributed by atoms with van der Waals surface area (Å²) in [7, 11) is 1.69. The van der Waals surface area contributed by atoms with E-state index in [0.29, 0.717) is 38.7 Å². The van der Waals surface area contributed by atoms with Crippen LogP contribution >= 0.6 is 0 Å². The molecule has 0 aromatic carbocycles. The lowest BCUT2D eigenvalue weighted by atomic mass is 10.2. The fourth-order valence-corrected chi connectivity index (χ4v) is 3.69. The summed E-state index contributed by atoms with van der Waals surface area (Å²) >= 11 is 0. The van der Waals surface area contributed by atoms with Crippen LogP contribution in [0.5, 0.6) is 0 Å². The minimum Gasteiger partial charge on any atom is -0.349 e. The number of nitrogens with zero attached hydrogens (tertiary/aromatic N) is 6. The fraction of sp³-hybridized carbons (Fsp3) is 0.824. The maximum absolute atomic E-state index is 12.9. The van der Waals surface area contributed by atoms with Gasteiger partial charge in [0.1, 0.15) is 11.9 Å². The number of piperazine rings is 1. The van der Waals surface area contributed by atoms with E-state index >= 15 is 0 Å². The normalized spacial score (nSPS) is 20.9. The number of hydrogen-bond donors (Lipinski definition) is 1. The Bertz CT molecular complexity index is 647. The SMILES string of the molecule is CN=C(NCc1nnc2n1CCCCC2)N1CCN(C(C)C(F)(F)F)CC1. The Kier molecular flexibility index (Phi) is 6.23. The highest BCUT2D eigenvalue weighted by Crippen LogP contribution is 2.25. The molecule has 1 aromatic heterocycles. The van der Waals surface area contributed by atoms with E-state index in [2.05, 4.69) is 25.1 Å². The number of hydrogen-bond acceptors (Lipinski definition) is 4. The molecule has 0 spiro atoms. The third-order valence-electron chi connectivity index (χ3n) is 5.44. The van der Waals surface area contributed by atoms with Crippen LogP contribution in [-0.2, 0) is 19.5 Å². The second-order valence-corrected chi connectivity index (χ2v) is 7.14. The molecule has 0 radical (unpaired) electrons. The Morgan fingerprint density at radius 2 is 1.85 bits per heavy atom. The number of halogens is 3. The van der Waals surface area contributed by atoms with Crippen LogP contribution in [0.15, 0.2) is 4.99 Å². The highest BCUT2D eigenvalue weighted by molar-refractivity contribution is 5.79. The second kappa shape index (κ2) is 8.45. The van der Waals surface area contributed by atoms with Crippen LogP contribution < -0.4 is 5.32 Å². The molecule has 2 aliphatic rings. The van der Waals surface area contributed by atoms with Crippen molar-refractivity contribution in [3.63, 3.8) is 0 Å². The molecule has 1 fully saturated rings. The smallest absolute Gasteiger partial charge is 0.349 e. The zero-order valence-corrected chi connectivity index (χ0v) is 16.0. The maximum Gasteiger partial charge on any atom is 0.403 e. The molecule has 0 bridgehead atoms. The molecule has 10 heteroatoms. The van der Waals surface area contributed by atoms with Crippen molar-refractivity contribution in [2.75, 3.05) is 33.2 Å². The van der Waals surface area contributed by atoms with Crippen LogP contribution in [0.1, 0.15) is 37.8 Å². The van der Waals surface area contributed by atoms with Crippen molar-refractivity contribution in [1.29, 1.82) is 0 Å². The van der Waals surface area contributed by atoms with Gasteiger partial charge in [-0.3, -0.25) is 9.89 Å². The van der Waals surface area contributed by atoms with Gasteiger partial charge in [0, 0.05) is 46.2 Å². The summed E-state index contributed by atoms with van der Waals surface area (Å²) in [5, 5.41) is 11.9. The number of aryl methyl sites for hydroxylation is 1. The van der Waals surface area contributed by atoms with Crippen LogP contribution in [0.25, 0.3) is 0 Å². The monoisotopic (exact) mass is 387 g/mol. The summed E-state index contributed by atoms with van der Waals surface area (Å²) in [6.45, 7) is 4.42. The summed E-state index contributed by atoms with van der Waals surface area (Å²) in [6.07, 6.45) is 0.257.